The monoisotopic (exact) mass is 415 g/mol. The number of benzene rings is 1. The summed E-state index contributed by atoms with van der Waals surface area (Å²) in [6.45, 7) is 0.671. The summed E-state index contributed by atoms with van der Waals surface area (Å²) in [6.07, 6.45) is 1.51. The summed E-state index contributed by atoms with van der Waals surface area (Å²) >= 11 is 0. The molecule has 1 unspecified atom stereocenters. The number of amides is 3. The van der Waals surface area contributed by atoms with Crippen LogP contribution in [-0.4, -0.2) is 64.7 Å². The van der Waals surface area contributed by atoms with Gasteiger partial charge in [0.25, 0.3) is 5.91 Å². The van der Waals surface area contributed by atoms with Crippen LogP contribution >= 0.6 is 0 Å². The van der Waals surface area contributed by atoms with Gasteiger partial charge in [0.15, 0.2) is 0 Å². The number of carboxylic acid groups (broad SMARTS) is 1. The Bertz CT molecular complexity index is 880. The summed E-state index contributed by atoms with van der Waals surface area (Å²) in [5.41, 5.74) is 5.28. The Morgan fingerprint density at radius 3 is 2.43 bits per heavy atom. The molecule has 30 heavy (non-hydrogen) atoms. The number of nitrogens with one attached hydrogen (secondary N) is 3. The van der Waals surface area contributed by atoms with E-state index in [1.54, 1.807) is 24.3 Å². The van der Waals surface area contributed by atoms with Crippen molar-refractivity contribution in [2.75, 3.05) is 19.6 Å². The van der Waals surface area contributed by atoms with Gasteiger partial charge in [0.2, 0.25) is 0 Å². The van der Waals surface area contributed by atoms with Gasteiger partial charge in [-0.2, -0.15) is 0 Å². The number of nitrogen functional groups attached to an aromatic ring is 1. The van der Waals surface area contributed by atoms with Crippen LogP contribution < -0.4 is 16.4 Å². The Hall–Kier alpha value is -3.43. The minimum atomic E-state index is -1.05. The number of hydrogen-bond acceptors (Lipinski definition) is 5. The Kier molecular flexibility index (Phi) is 6.04. The predicted molar refractivity (Wildman–Crippen MR) is 107 cm³/mol. The zero-order chi connectivity index (χ0) is 21.9. The van der Waals surface area contributed by atoms with Crippen LogP contribution in [0.25, 0.3) is 0 Å². The average molecular weight is 415 g/mol. The average Bonchev–Trinajstić information content (AvgIpc) is 3.54. The molecule has 1 saturated carbocycles. The maximum absolute atomic E-state index is 12.5. The molecule has 1 saturated heterocycles. The number of nitrogens with two attached hydrogens (primary N) is 1. The van der Waals surface area contributed by atoms with Crippen molar-refractivity contribution in [1.82, 2.24) is 15.5 Å². The van der Waals surface area contributed by atoms with Crippen molar-refractivity contribution in [1.29, 1.82) is 5.41 Å². The molecule has 0 aromatic heterocycles. The maximum Gasteiger partial charge on any atom is 0.312 e. The maximum atomic E-state index is 12.5. The Balaban J connectivity index is 1.72. The molecule has 1 atom stereocenters. The van der Waals surface area contributed by atoms with Gasteiger partial charge >= 0.3 is 17.8 Å². The molecule has 1 aliphatic carbocycles. The number of piperazine rings is 1. The molecule has 2 fully saturated rings. The van der Waals surface area contributed by atoms with Crippen LogP contribution in [0.5, 0.6) is 0 Å². The Morgan fingerprint density at radius 2 is 1.87 bits per heavy atom. The van der Waals surface area contributed by atoms with Crippen molar-refractivity contribution in [2.45, 2.75) is 31.2 Å². The second-order valence-corrected chi connectivity index (χ2v) is 7.66. The van der Waals surface area contributed by atoms with Crippen molar-refractivity contribution < 1.29 is 24.3 Å². The van der Waals surface area contributed by atoms with E-state index in [1.807, 2.05) is 0 Å². The first kappa shape index (κ1) is 21.3. The molecule has 1 heterocycles. The molecular weight excluding hydrogens is 390 g/mol. The first-order valence-electron chi connectivity index (χ1n) is 9.79. The first-order chi connectivity index (χ1) is 14.2. The van der Waals surface area contributed by atoms with Crippen LogP contribution in [0, 0.1) is 11.3 Å². The van der Waals surface area contributed by atoms with E-state index in [4.69, 9.17) is 11.1 Å². The predicted octanol–water partition coefficient (Wildman–Crippen LogP) is -0.328. The minimum Gasteiger partial charge on any atom is -0.481 e. The van der Waals surface area contributed by atoms with Crippen molar-refractivity contribution in [3.05, 3.63) is 35.4 Å². The van der Waals surface area contributed by atoms with Crippen LogP contribution in [0.4, 0.5) is 0 Å². The summed E-state index contributed by atoms with van der Waals surface area (Å²) in [7, 11) is 0. The highest BCUT2D eigenvalue weighted by Crippen LogP contribution is 2.47. The quantitative estimate of drug-likeness (QED) is 0.210. The van der Waals surface area contributed by atoms with E-state index in [-0.39, 0.29) is 50.1 Å². The van der Waals surface area contributed by atoms with Crippen LogP contribution in [0.3, 0.4) is 0 Å². The smallest absolute Gasteiger partial charge is 0.312 e. The summed E-state index contributed by atoms with van der Waals surface area (Å²) in [5, 5.41) is 22.2. The van der Waals surface area contributed by atoms with Crippen LogP contribution in [0.1, 0.15) is 41.6 Å². The molecule has 6 N–H and O–H groups in total. The van der Waals surface area contributed by atoms with E-state index in [0.29, 0.717) is 11.1 Å². The van der Waals surface area contributed by atoms with Crippen LogP contribution in [-0.2, 0) is 14.4 Å². The van der Waals surface area contributed by atoms with Gasteiger partial charge in [-0.05, 0) is 37.3 Å². The molecule has 1 aromatic rings. The number of carbonyl (C=O) groups is 4. The number of carboxylic acids is 1. The zero-order valence-electron chi connectivity index (χ0n) is 16.4. The third-order valence-corrected chi connectivity index (χ3v) is 5.69. The SMILES string of the molecule is N=C(N)c1ccc(C(=O)NCCC(CC(=O)O)(C2CC2)N2CCNC(=O)C2=O)cc1. The van der Waals surface area contributed by atoms with E-state index in [9.17, 15) is 24.3 Å². The summed E-state index contributed by atoms with van der Waals surface area (Å²) in [5.74, 6) is -2.97. The summed E-state index contributed by atoms with van der Waals surface area (Å²) in [6, 6.07) is 6.24. The van der Waals surface area contributed by atoms with Gasteiger partial charge in [-0.15, -0.1) is 0 Å². The van der Waals surface area contributed by atoms with Crippen molar-refractivity contribution in [3.8, 4) is 0 Å². The molecule has 2 aliphatic rings. The molecule has 10 heteroatoms. The normalized spacial score (nSPS) is 18.3. The summed E-state index contributed by atoms with van der Waals surface area (Å²) in [4.78, 5) is 49.9. The molecule has 160 valence electrons. The van der Waals surface area contributed by atoms with E-state index in [2.05, 4.69) is 10.6 Å². The van der Waals surface area contributed by atoms with Gasteiger partial charge in [-0.3, -0.25) is 24.6 Å². The van der Waals surface area contributed by atoms with Gasteiger partial charge in [-0.25, -0.2) is 0 Å². The molecule has 3 amide bonds. The Labute approximate surface area is 173 Å². The van der Waals surface area contributed by atoms with Crippen LogP contribution in [0.2, 0.25) is 0 Å². The minimum absolute atomic E-state index is 0.0183. The molecule has 10 nitrogen and oxygen atoms in total. The van der Waals surface area contributed by atoms with E-state index < -0.39 is 23.3 Å². The van der Waals surface area contributed by atoms with Gasteiger partial charge < -0.3 is 26.4 Å². The first-order valence-corrected chi connectivity index (χ1v) is 9.79. The lowest BCUT2D eigenvalue weighted by Gasteiger charge is -2.45. The number of aliphatic carboxylic acids is 1. The highest BCUT2D eigenvalue weighted by atomic mass is 16.4. The van der Waals surface area contributed by atoms with Crippen LogP contribution in [0.15, 0.2) is 24.3 Å². The highest BCUT2D eigenvalue weighted by molar-refractivity contribution is 6.35. The Morgan fingerprint density at radius 1 is 1.23 bits per heavy atom. The molecule has 1 aliphatic heterocycles. The lowest BCUT2D eigenvalue weighted by molar-refractivity contribution is -0.157. The third-order valence-electron chi connectivity index (χ3n) is 5.69. The van der Waals surface area contributed by atoms with Crippen molar-refractivity contribution in [2.24, 2.45) is 11.7 Å². The number of rotatable bonds is 9. The number of amidine groups is 1. The summed E-state index contributed by atoms with van der Waals surface area (Å²) < 4.78 is 0. The fourth-order valence-corrected chi connectivity index (χ4v) is 4.07. The standard InChI is InChI=1S/C20H25N5O5/c21-16(22)12-1-3-13(4-2-12)17(28)23-8-7-20(11-15(26)27,14-5-6-14)25-10-9-24-18(29)19(25)30/h1-4,14H,5-11H2,(H3,21,22)(H,23,28)(H,24,29)(H,26,27). The molecule has 3 rings (SSSR count). The fraction of sp³-hybridized carbons (Fsp3) is 0.450. The number of nitrogens with zero attached hydrogens (tertiary/aromatic N) is 1. The van der Waals surface area contributed by atoms with E-state index in [1.165, 1.54) is 4.90 Å². The lowest BCUT2D eigenvalue weighted by atomic mass is 9.83. The van der Waals surface area contributed by atoms with Gasteiger partial charge in [0, 0.05) is 30.8 Å². The zero-order valence-corrected chi connectivity index (χ0v) is 16.4. The number of carbonyl (C=O) groups excluding carboxylic acids is 3. The second-order valence-electron chi connectivity index (χ2n) is 7.66. The van der Waals surface area contributed by atoms with Gasteiger partial charge in [-0.1, -0.05) is 12.1 Å². The molecule has 0 radical (unpaired) electrons. The highest BCUT2D eigenvalue weighted by Gasteiger charge is 2.53. The van der Waals surface area contributed by atoms with E-state index >= 15 is 0 Å². The van der Waals surface area contributed by atoms with Gasteiger partial charge in [0.05, 0.1) is 12.0 Å². The topological polar surface area (TPSA) is 166 Å². The largest absolute Gasteiger partial charge is 0.481 e. The molecule has 1 aromatic carbocycles. The third kappa shape index (κ3) is 4.42. The molecular formula is C20H25N5O5. The van der Waals surface area contributed by atoms with Crippen molar-refractivity contribution in [3.63, 3.8) is 0 Å². The van der Waals surface area contributed by atoms with Gasteiger partial charge in [0.1, 0.15) is 5.84 Å². The molecule has 0 bridgehead atoms. The fourth-order valence-electron chi connectivity index (χ4n) is 4.07. The van der Waals surface area contributed by atoms with E-state index in [0.717, 1.165) is 12.8 Å². The lowest BCUT2D eigenvalue weighted by Crippen LogP contribution is -2.63. The van der Waals surface area contributed by atoms with Crippen molar-refractivity contribution >= 4 is 29.5 Å². The second kappa shape index (κ2) is 8.52. The number of hydrogen-bond donors (Lipinski definition) is 5. The molecule has 0 spiro atoms.